The zero-order valence-corrected chi connectivity index (χ0v) is 12.2. The van der Waals surface area contributed by atoms with Gasteiger partial charge in [0.1, 0.15) is 6.29 Å². The van der Waals surface area contributed by atoms with Crippen molar-refractivity contribution in [3.63, 3.8) is 0 Å². The van der Waals surface area contributed by atoms with Crippen molar-refractivity contribution in [3.8, 4) is 0 Å². The van der Waals surface area contributed by atoms with Crippen LogP contribution in [0.1, 0.15) is 32.6 Å². The molecule has 106 valence electrons. The van der Waals surface area contributed by atoms with Crippen molar-refractivity contribution in [1.29, 1.82) is 0 Å². The summed E-state index contributed by atoms with van der Waals surface area (Å²) >= 11 is 0. The van der Waals surface area contributed by atoms with Crippen LogP contribution in [0.15, 0.2) is 12.2 Å². The molecule has 0 amide bonds. The molecule has 6 aliphatic rings. The van der Waals surface area contributed by atoms with Crippen molar-refractivity contribution in [2.45, 2.75) is 32.6 Å². The average Bonchev–Trinajstić information content (AvgIpc) is 3.22. The van der Waals surface area contributed by atoms with E-state index in [0.29, 0.717) is 0 Å². The standard InChI is InChI=1S/C19H24O/c1-19(8-20)7-11-5-14(19)18-13-6-12(17(11)18)15-9-2-3-10(4-9)16(13)15/h2-3,8-18H,4-7H2,1H3. The average molecular weight is 268 g/mol. The molecule has 0 N–H and O–H groups in total. The quantitative estimate of drug-likeness (QED) is 0.404. The van der Waals surface area contributed by atoms with Gasteiger partial charge in [0.15, 0.2) is 0 Å². The summed E-state index contributed by atoms with van der Waals surface area (Å²) < 4.78 is 0. The highest BCUT2D eigenvalue weighted by atomic mass is 16.1. The lowest BCUT2D eigenvalue weighted by molar-refractivity contribution is -0.121. The third-order valence-electron chi connectivity index (χ3n) is 8.93. The van der Waals surface area contributed by atoms with Gasteiger partial charge in [-0.05, 0) is 84.9 Å². The third-order valence-corrected chi connectivity index (χ3v) is 8.93. The first-order valence-electron chi connectivity index (χ1n) is 8.86. The van der Waals surface area contributed by atoms with Gasteiger partial charge in [0.25, 0.3) is 0 Å². The fourth-order valence-electron chi connectivity index (χ4n) is 8.78. The molecule has 6 aliphatic carbocycles. The van der Waals surface area contributed by atoms with E-state index in [-0.39, 0.29) is 5.41 Å². The van der Waals surface area contributed by atoms with Crippen molar-refractivity contribution in [1.82, 2.24) is 0 Å². The summed E-state index contributed by atoms with van der Waals surface area (Å²) in [5.74, 6) is 9.57. The molecule has 0 heterocycles. The summed E-state index contributed by atoms with van der Waals surface area (Å²) in [6, 6.07) is 0. The van der Waals surface area contributed by atoms with Crippen molar-refractivity contribution < 1.29 is 4.79 Å². The van der Waals surface area contributed by atoms with Gasteiger partial charge in [-0.1, -0.05) is 19.1 Å². The topological polar surface area (TPSA) is 17.1 Å². The fraction of sp³-hybridized carbons (Fsp3) is 0.842. The fourth-order valence-corrected chi connectivity index (χ4v) is 8.78. The summed E-state index contributed by atoms with van der Waals surface area (Å²) in [6.07, 6.45) is 12.0. The zero-order chi connectivity index (χ0) is 13.2. The highest BCUT2D eigenvalue weighted by Crippen LogP contribution is 2.77. The Morgan fingerprint density at radius 3 is 2.35 bits per heavy atom. The minimum Gasteiger partial charge on any atom is -0.303 e. The summed E-state index contributed by atoms with van der Waals surface area (Å²) in [7, 11) is 0. The third kappa shape index (κ3) is 0.946. The number of allylic oxidation sites excluding steroid dienone is 2. The summed E-state index contributed by atoms with van der Waals surface area (Å²) in [6.45, 7) is 2.27. The maximum absolute atomic E-state index is 11.7. The van der Waals surface area contributed by atoms with Crippen LogP contribution in [-0.2, 0) is 4.79 Å². The van der Waals surface area contributed by atoms with Crippen molar-refractivity contribution in [3.05, 3.63) is 12.2 Å². The van der Waals surface area contributed by atoms with E-state index < -0.39 is 0 Å². The van der Waals surface area contributed by atoms with E-state index in [0.717, 1.165) is 59.2 Å². The molecule has 0 saturated heterocycles. The number of carbonyl (C=O) groups excluding carboxylic acids is 1. The Hall–Kier alpha value is -0.590. The number of rotatable bonds is 1. The number of hydrogen-bond acceptors (Lipinski definition) is 1. The van der Waals surface area contributed by atoms with Gasteiger partial charge in [-0.25, -0.2) is 0 Å². The van der Waals surface area contributed by atoms with Crippen LogP contribution in [-0.4, -0.2) is 6.29 Å². The van der Waals surface area contributed by atoms with E-state index in [2.05, 4.69) is 19.1 Å². The lowest BCUT2D eigenvalue weighted by atomic mass is 9.56. The molecule has 0 spiro atoms. The maximum Gasteiger partial charge on any atom is 0.126 e. The summed E-state index contributed by atoms with van der Waals surface area (Å²) in [5, 5.41) is 0. The lowest BCUT2D eigenvalue weighted by Gasteiger charge is -2.47. The molecule has 1 heteroatoms. The van der Waals surface area contributed by atoms with E-state index in [1.54, 1.807) is 0 Å². The van der Waals surface area contributed by atoms with E-state index in [4.69, 9.17) is 0 Å². The predicted molar refractivity (Wildman–Crippen MR) is 76.7 cm³/mol. The van der Waals surface area contributed by atoms with E-state index >= 15 is 0 Å². The van der Waals surface area contributed by atoms with Gasteiger partial charge in [-0.2, -0.15) is 0 Å². The normalized spacial score (nSPS) is 70.7. The summed E-state index contributed by atoms with van der Waals surface area (Å²) in [5.41, 5.74) is 0.0409. The van der Waals surface area contributed by atoms with Crippen molar-refractivity contribution in [2.75, 3.05) is 0 Å². The number of fused-ring (bicyclic) bond motifs is 16. The van der Waals surface area contributed by atoms with Gasteiger partial charge in [0.05, 0.1) is 0 Å². The van der Waals surface area contributed by atoms with Crippen LogP contribution < -0.4 is 0 Å². The molecule has 5 saturated carbocycles. The molecule has 0 aromatic rings. The minimum atomic E-state index is 0.0409. The van der Waals surface area contributed by atoms with Crippen LogP contribution >= 0.6 is 0 Å². The number of aldehydes is 1. The Balaban J connectivity index is 1.44. The van der Waals surface area contributed by atoms with Crippen LogP contribution in [0.25, 0.3) is 0 Å². The van der Waals surface area contributed by atoms with E-state index in [1.807, 2.05) is 0 Å². The molecule has 0 aromatic heterocycles. The van der Waals surface area contributed by atoms with Gasteiger partial charge in [0.2, 0.25) is 0 Å². The lowest BCUT2D eigenvalue weighted by Crippen LogP contribution is -2.45. The predicted octanol–water partition coefficient (Wildman–Crippen LogP) is 3.55. The van der Waals surface area contributed by atoms with Crippen LogP contribution in [0.2, 0.25) is 0 Å². The monoisotopic (exact) mass is 268 g/mol. The van der Waals surface area contributed by atoms with Crippen molar-refractivity contribution >= 4 is 6.29 Å². The van der Waals surface area contributed by atoms with Gasteiger partial charge in [0, 0.05) is 5.41 Å². The van der Waals surface area contributed by atoms with E-state index in [9.17, 15) is 4.79 Å². The molecule has 6 bridgehead atoms. The Morgan fingerprint density at radius 2 is 1.65 bits per heavy atom. The highest BCUT2D eigenvalue weighted by molar-refractivity contribution is 5.61. The Morgan fingerprint density at radius 1 is 0.950 bits per heavy atom. The molecular formula is C19H24O. The molecule has 6 rings (SSSR count). The Labute approximate surface area is 121 Å². The van der Waals surface area contributed by atoms with Crippen LogP contribution in [0, 0.1) is 64.6 Å². The first kappa shape index (κ1) is 11.0. The Bertz CT molecular complexity index is 536. The number of carbonyl (C=O) groups is 1. The minimum absolute atomic E-state index is 0.0409. The SMILES string of the molecule is CC1(C=O)CC2CC1C1C3CC(C4C5C=CC(C5)C34)C21. The second-order valence-corrected chi connectivity index (χ2v) is 9.25. The summed E-state index contributed by atoms with van der Waals surface area (Å²) in [4.78, 5) is 11.7. The van der Waals surface area contributed by atoms with Crippen LogP contribution in [0.4, 0.5) is 0 Å². The van der Waals surface area contributed by atoms with E-state index in [1.165, 1.54) is 32.0 Å². The second-order valence-electron chi connectivity index (χ2n) is 9.25. The largest absolute Gasteiger partial charge is 0.303 e. The first-order valence-corrected chi connectivity index (χ1v) is 8.86. The smallest absolute Gasteiger partial charge is 0.126 e. The Kier molecular flexibility index (Phi) is 1.71. The molecule has 11 unspecified atom stereocenters. The van der Waals surface area contributed by atoms with Gasteiger partial charge in [-0.15, -0.1) is 0 Å². The molecule has 5 fully saturated rings. The molecule has 0 aliphatic heterocycles. The maximum atomic E-state index is 11.7. The van der Waals surface area contributed by atoms with Gasteiger partial charge >= 0.3 is 0 Å². The van der Waals surface area contributed by atoms with Gasteiger partial charge in [-0.3, -0.25) is 0 Å². The zero-order valence-electron chi connectivity index (χ0n) is 12.2. The van der Waals surface area contributed by atoms with Crippen LogP contribution in [0.5, 0.6) is 0 Å². The molecule has 0 radical (unpaired) electrons. The molecular weight excluding hydrogens is 244 g/mol. The molecule has 0 aromatic carbocycles. The molecule has 11 atom stereocenters. The van der Waals surface area contributed by atoms with Gasteiger partial charge < -0.3 is 4.79 Å². The first-order chi connectivity index (χ1) is 9.71. The second kappa shape index (κ2) is 3.10. The number of hydrogen-bond donors (Lipinski definition) is 0. The van der Waals surface area contributed by atoms with Crippen LogP contribution in [0.3, 0.4) is 0 Å². The highest BCUT2D eigenvalue weighted by Gasteiger charge is 2.72. The van der Waals surface area contributed by atoms with Crippen molar-refractivity contribution in [2.24, 2.45) is 64.6 Å². The molecule has 20 heavy (non-hydrogen) atoms. The molecule has 1 nitrogen and oxygen atoms in total.